The molecule has 0 saturated carbocycles. The number of rotatable bonds is 16. The van der Waals surface area contributed by atoms with Gasteiger partial charge in [-0.15, -0.1) is 0 Å². The quantitative estimate of drug-likeness (QED) is 0.164. The largest absolute Gasteiger partial charge is 0.456 e. The van der Waals surface area contributed by atoms with Crippen LogP contribution in [0.1, 0.15) is 111 Å². The third kappa shape index (κ3) is 11.4. The van der Waals surface area contributed by atoms with Crippen LogP contribution in [-0.4, -0.2) is 17.7 Å². The molecule has 3 heteroatoms. The number of halogens is 1. The fraction of sp³-hybridized carbons (Fsp3) is 0.864. The van der Waals surface area contributed by atoms with Gasteiger partial charge in [0.05, 0.1) is 0 Å². The lowest BCUT2D eigenvalue weighted by atomic mass is 9.87. The Kier molecular flexibility index (Phi) is 13.8. The van der Waals surface area contributed by atoms with Crippen molar-refractivity contribution in [2.75, 3.05) is 0 Å². The Hall–Kier alpha value is -0.860. The normalized spacial score (nSPS) is 14.8. The van der Waals surface area contributed by atoms with Crippen LogP contribution in [0.2, 0.25) is 0 Å². The fourth-order valence-electron chi connectivity index (χ4n) is 3.12. The van der Waals surface area contributed by atoms with E-state index in [0.29, 0.717) is 18.4 Å². The topological polar surface area (TPSA) is 26.3 Å². The lowest BCUT2D eigenvalue weighted by Gasteiger charge is -2.31. The van der Waals surface area contributed by atoms with Gasteiger partial charge in [-0.3, -0.25) is 0 Å². The second kappa shape index (κ2) is 14.3. The number of esters is 1. The van der Waals surface area contributed by atoms with E-state index < -0.39 is 17.7 Å². The molecule has 0 aromatic rings. The second-order valence-corrected chi connectivity index (χ2v) is 7.54. The molecule has 0 aromatic heterocycles. The fourth-order valence-corrected chi connectivity index (χ4v) is 3.12. The maximum absolute atomic E-state index is 15.5. The Morgan fingerprint density at radius 2 is 1.32 bits per heavy atom. The van der Waals surface area contributed by atoms with Crippen molar-refractivity contribution in [2.45, 2.75) is 123 Å². The van der Waals surface area contributed by atoms with Crippen LogP contribution in [0.15, 0.2) is 12.2 Å². The third-order valence-corrected chi connectivity index (χ3v) is 5.00. The Balaban J connectivity index is 4.34. The average Bonchev–Trinajstić information content (AvgIpc) is 2.57. The summed E-state index contributed by atoms with van der Waals surface area (Å²) in [4.78, 5) is 11.7. The SMILES string of the molecule is C=C(C)C(=O)OC(C)C(F)(CCCCC)CCCCCCCCCC. The molecule has 2 nitrogen and oxygen atoms in total. The van der Waals surface area contributed by atoms with Gasteiger partial charge in [0.15, 0.2) is 0 Å². The summed E-state index contributed by atoms with van der Waals surface area (Å²) >= 11 is 0. The molecule has 0 heterocycles. The number of alkyl halides is 1. The molecule has 0 aromatic carbocycles. The average molecular weight is 357 g/mol. The molecule has 0 radical (unpaired) electrons. The van der Waals surface area contributed by atoms with Gasteiger partial charge in [-0.25, -0.2) is 9.18 Å². The van der Waals surface area contributed by atoms with Crippen LogP contribution >= 0.6 is 0 Å². The van der Waals surface area contributed by atoms with E-state index in [1.54, 1.807) is 13.8 Å². The predicted octanol–water partition coefficient (Wildman–Crippen LogP) is 7.31. The highest BCUT2D eigenvalue weighted by atomic mass is 19.1. The van der Waals surface area contributed by atoms with Crippen LogP contribution < -0.4 is 0 Å². The van der Waals surface area contributed by atoms with E-state index in [2.05, 4.69) is 20.4 Å². The minimum absolute atomic E-state index is 0.329. The lowest BCUT2D eigenvalue weighted by molar-refractivity contribution is -0.152. The van der Waals surface area contributed by atoms with E-state index >= 15 is 4.39 Å². The molecule has 2 unspecified atom stereocenters. The van der Waals surface area contributed by atoms with Gasteiger partial charge in [-0.1, -0.05) is 91.1 Å². The predicted molar refractivity (Wildman–Crippen MR) is 106 cm³/mol. The van der Waals surface area contributed by atoms with Crippen LogP contribution in [0.3, 0.4) is 0 Å². The van der Waals surface area contributed by atoms with Gasteiger partial charge in [-0.05, 0) is 26.7 Å². The first-order valence-corrected chi connectivity index (χ1v) is 10.4. The summed E-state index contributed by atoms with van der Waals surface area (Å²) in [7, 11) is 0. The standard InChI is InChI=1S/C22H41FO2/c1-6-8-10-11-12-13-14-16-18-22(23,17-15-9-7-2)20(5)25-21(24)19(3)4/h20H,3,6-18H2,1-2,4-5H3. The van der Waals surface area contributed by atoms with Crippen molar-refractivity contribution in [2.24, 2.45) is 0 Å². The van der Waals surface area contributed by atoms with Crippen molar-refractivity contribution < 1.29 is 13.9 Å². The lowest BCUT2D eigenvalue weighted by Crippen LogP contribution is -2.39. The summed E-state index contributed by atoms with van der Waals surface area (Å²) in [6.45, 7) is 11.2. The molecule has 0 bridgehead atoms. The van der Waals surface area contributed by atoms with E-state index in [1.807, 2.05) is 0 Å². The van der Waals surface area contributed by atoms with E-state index in [-0.39, 0.29) is 0 Å². The molecule has 0 N–H and O–H groups in total. The van der Waals surface area contributed by atoms with Gasteiger partial charge in [0.2, 0.25) is 0 Å². The minimum atomic E-state index is -1.41. The number of hydrogen-bond donors (Lipinski definition) is 0. The number of unbranched alkanes of at least 4 members (excludes halogenated alkanes) is 9. The van der Waals surface area contributed by atoms with Gasteiger partial charge in [-0.2, -0.15) is 0 Å². The molecule has 0 aliphatic carbocycles. The van der Waals surface area contributed by atoms with Crippen LogP contribution in [-0.2, 0) is 9.53 Å². The molecule has 0 saturated heterocycles. The molecular formula is C22H41FO2. The Labute approximate surface area is 155 Å². The highest BCUT2D eigenvalue weighted by Gasteiger charge is 2.37. The van der Waals surface area contributed by atoms with Crippen molar-refractivity contribution in [3.63, 3.8) is 0 Å². The molecular weight excluding hydrogens is 315 g/mol. The smallest absolute Gasteiger partial charge is 0.333 e. The zero-order chi connectivity index (χ0) is 19.1. The number of carbonyl (C=O) groups is 1. The van der Waals surface area contributed by atoms with Gasteiger partial charge in [0, 0.05) is 5.57 Å². The molecule has 0 rings (SSSR count). The number of carbonyl (C=O) groups excluding carboxylic acids is 1. The van der Waals surface area contributed by atoms with E-state index in [4.69, 9.17) is 4.74 Å². The zero-order valence-electron chi connectivity index (χ0n) is 17.2. The van der Waals surface area contributed by atoms with Crippen LogP contribution in [0.25, 0.3) is 0 Å². The maximum Gasteiger partial charge on any atom is 0.333 e. The molecule has 0 spiro atoms. The Morgan fingerprint density at radius 3 is 1.80 bits per heavy atom. The van der Waals surface area contributed by atoms with Gasteiger partial charge in [0.1, 0.15) is 11.8 Å². The highest BCUT2D eigenvalue weighted by Crippen LogP contribution is 2.32. The summed E-state index contributed by atoms with van der Waals surface area (Å²) in [6.07, 6.45) is 12.7. The summed E-state index contributed by atoms with van der Waals surface area (Å²) in [6, 6.07) is 0. The van der Waals surface area contributed by atoms with Gasteiger partial charge < -0.3 is 4.74 Å². The molecule has 25 heavy (non-hydrogen) atoms. The van der Waals surface area contributed by atoms with Crippen LogP contribution in [0.5, 0.6) is 0 Å². The monoisotopic (exact) mass is 356 g/mol. The van der Waals surface area contributed by atoms with Crippen molar-refractivity contribution in [3.8, 4) is 0 Å². The Bertz CT molecular complexity index is 367. The molecule has 0 fully saturated rings. The first kappa shape index (κ1) is 24.1. The van der Waals surface area contributed by atoms with E-state index in [1.165, 1.54) is 38.5 Å². The van der Waals surface area contributed by atoms with E-state index in [0.717, 1.165) is 32.1 Å². The molecule has 0 aliphatic rings. The second-order valence-electron chi connectivity index (χ2n) is 7.54. The van der Waals surface area contributed by atoms with Crippen LogP contribution in [0, 0.1) is 0 Å². The maximum atomic E-state index is 15.5. The molecule has 0 amide bonds. The summed E-state index contributed by atoms with van der Waals surface area (Å²) < 4.78 is 20.8. The molecule has 2 atom stereocenters. The van der Waals surface area contributed by atoms with Crippen molar-refractivity contribution >= 4 is 5.97 Å². The van der Waals surface area contributed by atoms with E-state index in [9.17, 15) is 4.79 Å². The van der Waals surface area contributed by atoms with Gasteiger partial charge in [0.25, 0.3) is 0 Å². The van der Waals surface area contributed by atoms with Gasteiger partial charge >= 0.3 is 5.97 Å². The zero-order valence-corrected chi connectivity index (χ0v) is 17.2. The minimum Gasteiger partial charge on any atom is -0.456 e. The van der Waals surface area contributed by atoms with Crippen molar-refractivity contribution in [3.05, 3.63) is 12.2 Å². The number of hydrogen-bond acceptors (Lipinski definition) is 2. The van der Waals surface area contributed by atoms with Crippen LogP contribution in [0.4, 0.5) is 4.39 Å². The summed E-state index contributed by atoms with van der Waals surface area (Å²) in [5, 5.41) is 0. The van der Waals surface area contributed by atoms with Crippen molar-refractivity contribution in [1.82, 2.24) is 0 Å². The highest BCUT2D eigenvalue weighted by molar-refractivity contribution is 5.87. The summed E-state index contributed by atoms with van der Waals surface area (Å²) in [5.74, 6) is -0.485. The van der Waals surface area contributed by atoms with Crippen molar-refractivity contribution in [1.29, 1.82) is 0 Å². The first-order chi connectivity index (χ1) is 11.9. The molecule has 148 valence electrons. The molecule has 0 aliphatic heterocycles. The first-order valence-electron chi connectivity index (χ1n) is 10.4. The number of ether oxygens (including phenoxy) is 1. The summed E-state index contributed by atoms with van der Waals surface area (Å²) in [5.41, 5.74) is -1.09. The Morgan fingerprint density at radius 1 is 0.920 bits per heavy atom. The third-order valence-electron chi connectivity index (χ3n) is 5.00.